The molecule has 0 bridgehead atoms. The first kappa shape index (κ1) is 14.5. The van der Waals surface area contributed by atoms with Gasteiger partial charge < -0.3 is 5.32 Å². The molecular weight excluding hydrogens is 254 g/mol. The minimum absolute atomic E-state index is 0.0721. The molecule has 2 unspecified atom stereocenters. The molecule has 1 aromatic heterocycles. The number of pyridine rings is 1. The molecule has 1 fully saturated rings. The van der Waals surface area contributed by atoms with E-state index in [1.807, 2.05) is 32.9 Å². The van der Waals surface area contributed by atoms with Crippen LogP contribution < -0.4 is 10.2 Å². The van der Waals surface area contributed by atoms with E-state index in [0.29, 0.717) is 18.5 Å². The van der Waals surface area contributed by atoms with Gasteiger partial charge in [-0.05, 0) is 38.8 Å². The maximum atomic E-state index is 12.8. The summed E-state index contributed by atoms with van der Waals surface area (Å²) in [5.74, 6) is -0.172. The highest BCUT2D eigenvalue weighted by atomic mass is 16.2. The van der Waals surface area contributed by atoms with E-state index in [2.05, 4.69) is 10.3 Å². The van der Waals surface area contributed by atoms with E-state index in [-0.39, 0.29) is 11.8 Å². The Kier molecular flexibility index (Phi) is 3.79. The molecule has 5 nitrogen and oxygen atoms in total. The summed E-state index contributed by atoms with van der Waals surface area (Å²) in [6, 6.07) is 3.23. The Hall–Kier alpha value is -1.91. The van der Waals surface area contributed by atoms with Crippen molar-refractivity contribution in [3.63, 3.8) is 0 Å². The number of aromatic nitrogens is 1. The maximum absolute atomic E-state index is 12.8. The Morgan fingerprint density at radius 2 is 2.05 bits per heavy atom. The number of piperazine rings is 1. The van der Waals surface area contributed by atoms with Crippen molar-refractivity contribution in [3.8, 4) is 0 Å². The number of carbonyl (C=O) groups excluding carboxylic acids is 2. The summed E-state index contributed by atoms with van der Waals surface area (Å²) < 4.78 is 0. The maximum Gasteiger partial charge on any atom is 0.253 e. The molecule has 1 aliphatic heterocycles. The third-order valence-electron chi connectivity index (χ3n) is 3.97. The van der Waals surface area contributed by atoms with E-state index in [0.717, 1.165) is 5.69 Å². The van der Waals surface area contributed by atoms with Gasteiger partial charge in [-0.1, -0.05) is 13.8 Å². The van der Waals surface area contributed by atoms with Crippen LogP contribution in [0.1, 0.15) is 39.3 Å². The topological polar surface area (TPSA) is 62.3 Å². The predicted molar refractivity (Wildman–Crippen MR) is 77.4 cm³/mol. The van der Waals surface area contributed by atoms with Crippen LogP contribution in [0.3, 0.4) is 0 Å². The molecule has 1 N–H and O–H groups in total. The number of aryl methyl sites for hydroxylation is 1. The fourth-order valence-corrected chi connectivity index (χ4v) is 2.44. The van der Waals surface area contributed by atoms with Gasteiger partial charge in [-0.15, -0.1) is 0 Å². The number of nitrogens with zero attached hydrogens (tertiary/aromatic N) is 2. The van der Waals surface area contributed by atoms with E-state index < -0.39 is 11.6 Å². The van der Waals surface area contributed by atoms with Gasteiger partial charge in [0, 0.05) is 5.69 Å². The van der Waals surface area contributed by atoms with Crippen molar-refractivity contribution in [1.29, 1.82) is 0 Å². The lowest BCUT2D eigenvalue weighted by Gasteiger charge is -2.43. The number of nitrogens with one attached hydrogen (secondary N) is 1. The van der Waals surface area contributed by atoms with E-state index >= 15 is 0 Å². The molecule has 0 radical (unpaired) electrons. The summed E-state index contributed by atoms with van der Waals surface area (Å²) in [7, 11) is 0. The van der Waals surface area contributed by atoms with Crippen LogP contribution in [0.5, 0.6) is 0 Å². The fraction of sp³-hybridized carbons (Fsp3) is 0.533. The second-order valence-corrected chi connectivity index (χ2v) is 5.43. The van der Waals surface area contributed by atoms with E-state index in [1.54, 1.807) is 18.0 Å². The van der Waals surface area contributed by atoms with E-state index in [9.17, 15) is 9.59 Å². The van der Waals surface area contributed by atoms with Crippen molar-refractivity contribution in [1.82, 2.24) is 10.3 Å². The molecule has 0 aromatic carbocycles. The standard InChI is InChI=1S/C15H21N3O2/c1-5-12-13(19)17-15(4,6-2)14(20)18(12)11-8-7-10(3)16-9-11/h7-9,12H,5-6H2,1-4H3,(H,17,19). The van der Waals surface area contributed by atoms with Crippen LogP contribution in [0.4, 0.5) is 5.69 Å². The van der Waals surface area contributed by atoms with Gasteiger partial charge in [0.05, 0.1) is 11.9 Å². The van der Waals surface area contributed by atoms with Gasteiger partial charge in [-0.3, -0.25) is 19.5 Å². The van der Waals surface area contributed by atoms with E-state index in [1.165, 1.54) is 0 Å². The van der Waals surface area contributed by atoms with Crippen LogP contribution in [0.15, 0.2) is 18.3 Å². The van der Waals surface area contributed by atoms with Gasteiger partial charge in [0.15, 0.2) is 0 Å². The Morgan fingerprint density at radius 3 is 2.55 bits per heavy atom. The highest BCUT2D eigenvalue weighted by Crippen LogP contribution is 2.28. The van der Waals surface area contributed by atoms with Gasteiger partial charge in [0.1, 0.15) is 11.6 Å². The number of hydrogen-bond donors (Lipinski definition) is 1. The van der Waals surface area contributed by atoms with Crippen molar-refractivity contribution in [2.75, 3.05) is 4.90 Å². The zero-order valence-electron chi connectivity index (χ0n) is 12.4. The summed E-state index contributed by atoms with van der Waals surface area (Å²) in [5.41, 5.74) is 0.726. The average Bonchev–Trinajstić information content (AvgIpc) is 2.43. The van der Waals surface area contributed by atoms with Gasteiger partial charge >= 0.3 is 0 Å². The molecule has 2 amide bonds. The largest absolute Gasteiger partial charge is 0.340 e. The van der Waals surface area contributed by atoms with Gasteiger partial charge in [-0.25, -0.2) is 0 Å². The normalized spacial score (nSPS) is 26.6. The highest BCUT2D eigenvalue weighted by molar-refractivity contribution is 6.10. The first-order valence-corrected chi connectivity index (χ1v) is 7.01. The third-order valence-corrected chi connectivity index (χ3v) is 3.97. The molecule has 5 heteroatoms. The van der Waals surface area contributed by atoms with E-state index in [4.69, 9.17) is 0 Å². The highest BCUT2D eigenvalue weighted by Gasteiger charge is 2.47. The average molecular weight is 275 g/mol. The number of hydrogen-bond acceptors (Lipinski definition) is 3. The Morgan fingerprint density at radius 1 is 1.35 bits per heavy atom. The molecule has 2 atom stereocenters. The Labute approximate surface area is 119 Å². The van der Waals surface area contributed by atoms with Crippen molar-refractivity contribution >= 4 is 17.5 Å². The summed E-state index contributed by atoms with van der Waals surface area (Å²) in [4.78, 5) is 30.9. The van der Waals surface area contributed by atoms with Gasteiger partial charge in [-0.2, -0.15) is 0 Å². The smallest absolute Gasteiger partial charge is 0.253 e. The van der Waals surface area contributed by atoms with Crippen LogP contribution in [-0.2, 0) is 9.59 Å². The molecule has 2 rings (SSSR count). The zero-order chi connectivity index (χ0) is 14.9. The lowest BCUT2D eigenvalue weighted by Crippen LogP contribution is -2.69. The lowest BCUT2D eigenvalue weighted by atomic mass is 9.91. The van der Waals surface area contributed by atoms with Gasteiger partial charge in [0.25, 0.3) is 5.91 Å². The molecule has 1 saturated heterocycles. The van der Waals surface area contributed by atoms with Crippen molar-refractivity contribution in [3.05, 3.63) is 24.0 Å². The fourth-order valence-electron chi connectivity index (χ4n) is 2.44. The van der Waals surface area contributed by atoms with Crippen LogP contribution in [0, 0.1) is 6.92 Å². The molecule has 1 aliphatic rings. The molecule has 0 spiro atoms. The SMILES string of the molecule is CCC1C(=O)NC(C)(CC)C(=O)N1c1ccc(C)nc1. The van der Waals surface area contributed by atoms with Crippen LogP contribution in [-0.4, -0.2) is 28.4 Å². The van der Waals surface area contributed by atoms with Crippen molar-refractivity contribution < 1.29 is 9.59 Å². The second kappa shape index (κ2) is 5.23. The summed E-state index contributed by atoms with van der Waals surface area (Å²) in [6.45, 7) is 7.46. The van der Waals surface area contributed by atoms with Crippen molar-refractivity contribution in [2.24, 2.45) is 0 Å². The van der Waals surface area contributed by atoms with Crippen molar-refractivity contribution in [2.45, 2.75) is 52.1 Å². The quantitative estimate of drug-likeness (QED) is 0.915. The third kappa shape index (κ3) is 2.28. The second-order valence-electron chi connectivity index (χ2n) is 5.43. The monoisotopic (exact) mass is 275 g/mol. The first-order chi connectivity index (χ1) is 9.42. The molecule has 0 saturated carbocycles. The molecular formula is C15H21N3O2. The predicted octanol–water partition coefficient (Wildman–Crippen LogP) is 1.80. The minimum atomic E-state index is -0.840. The summed E-state index contributed by atoms with van der Waals surface area (Å²) in [6.07, 6.45) is 2.79. The number of rotatable bonds is 3. The molecule has 1 aromatic rings. The first-order valence-electron chi connectivity index (χ1n) is 7.01. The minimum Gasteiger partial charge on any atom is -0.340 e. The number of carbonyl (C=O) groups is 2. The lowest BCUT2D eigenvalue weighted by molar-refractivity contribution is -0.138. The van der Waals surface area contributed by atoms with Crippen LogP contribution in [0.2, 0.25) is 0 Å². The summed E-state index contributed by atoms with van der Waals surface area (Å²) in [5, 5.41) is 2.85. The number of anilines is 1. The molecule has 20 heavy (non-hydrogen) atoms. The molecule has 2 heterocycles. The van der Waals surface area contributed by atoms with Crippen LogP contribution in [0.25, 0.3) is 0 Å². The van der Waals surface area contributed by atoms with Crippen LogP contribution >= 0.6 is 0 Å². The molecule has 108 valence electrons. The number of amides is 2. The Bertz CT molecular complexity index is 526. The Balaban J connectivity index is 2.46. The summed E-state index contributed by atoms with van der Waals surface area (Å²) >= 11 is 0. The zero-order valence-corrected chi connectivity index (χ0v) is 12.4. The van der Waals surface area contributed by atoms with Gasteiger partial charge in [0.2, 0.25) is 5.91 Å². The molecule has 0 aliphatic carbocycles.